The van der Waals surface area contributed by atoms with Crippen LogP contribution >= 0.6 is 0 Å². The number of aliphatic hydroxyl groups excluding tert-OH is 3. The number of aliphatic hydroxyl groups is 3. The fourth-order valence-corrected chi connectivity index (χ4v) is 2.68. The highest BCUT2D eigenvalue weighted by molar-refractivity contribution is 5.87. The molecule has 0 aromatic rings. The second kappa shape index (κ2) is 16.5. The molecular weight excluding hydrogens is 460 g/mol. The number of aldehydes is 1. The molecule has 0 saturated carbocycles. The number of aliphatic carboxylic acids is 1. The Bertz CT molecular complexity index is 718. The van der Waals surface area contributed by atoms with Crippen LogP contribution in [-0.2, 0) is 33.5 Å². The molecule has 9 N–H and O–H groups in total. The van der Waals surface area contributed by atoms with E-state index in [9.17, 15) is 39.0 Å². The summed E-state index contributed by atoms with van der Waals surface area (Å²) in [4.78, 5) is 68.2. The van der Waals surface area contributed by atoms with E-state index in [0.29, 0.717) is 0 Å². The summed E-state index contributed by atoms with van der Waals surface area (Å²) in [6, 6.07) is -2.53. The summed E-state index contributed by atoms with van der Waals surface area (Å²) in [5.74, 6) is -3.90. The van der Waals surface area contributed by atoms with Crippen molar-refractivity contribution >= 4 is 35.9 Å². The summed E-state index contributed by atoms with van der Waals surface area (Å²) in [6.07, 6.45) is -5.68. The Kier molecular flexibility index (Phi) is 14.9. The van der Waals surface area contributed by atoms with Crippen molar-refractivity contribution in [3.05, 3.63) is 0 Å². The minimum absolute atomic E-state index is 0.132. The SMILES string of the molecule is CC(=O)N[C@@H](C=O)[C@@H](OCCC(=O)NCCC(=O)NC(CCC(=O)O)C(N)=O)[C@H](O)[C@H](O)CO. The lowest BCUT2D eigenvalue weighted by Gasteiger charge is -2.30. The lowest BCUT2D eigenvalue weighted by molar-refractivity contribution is -0.139. The Morgan fingerprint density at radius 3 is 2.18 bits per heavy atom. The number of nitrogens with two attached hydrogens (primary N) is 1. The second-order valence-corrected chi connectivity index (χ2v) is 7.24. The van der Waals surface area contributed by atoms with Crippen molar-refractivity contribution in [2.24, 2.45) is 5.73 Å². The third-order valence-corrected chi connectivity index (χ3v) is 4.43. The zero-order chi connectivity index (χ0) is 26.3. The first-order valence-corrected chi connectivity index (χ1v) is 10.3. The second-order valence-electron chi connectivity index (χ2n) is 7.24. The van der Waals surface area contributed by atoms with Gasteiger partial charge in [0.2, 0.25) is 23.6 Å². The first-order valence-electron chi connectivity index (χ1n) is 10.3. The summed E-state index contributed by atoms with van der Waals surface area (Å²) < 4.78 is 5.30. The molecule has 0 aliphatic carbocycles. The molecule has 0 aromatic heterocycles. The largest absolute Gasteiger partial charge is 0.481 e. The third-order valence-electron chi connectivity index (χ3n) is 4.43. The van der Waals surface area contributed by atoms with Gasteiger partial charge in [0.15, 0.2) is 0 Å². The number of amides is 4. The lowest BCUT2D eigenvalue weighted by atomic mass is 10.0. The number of primary amides is 1. The topological polar surface area (TPSA) is 255 Å². The molecule has 0 saturated heterocycles. The molecule has 0 bridgehead atoms. The number of hydrogen-bond donors (Lipinski definition) is 8. The highest BCUT2D eigenvalue weighted by Crippen LogP contribution is 2.10. The van der Waals surface area contributed by atoms with Gasteiger partial charge in [0, 0.05) is 32.7 Å². The van der Waals surface area contributed by atoms with Crippen molar-refractivity contribution in [2.45, 2.75) is 63.0 Å². The van der Waals surface area contributed by atoms with E-state index in [1.54, 1.807) is 0 Å². The molecule has 0 aliphatic heterocycles. The van der Waals surface area contributed by atoms with E-state index in [4.69, 9.17) is 20.7 Å². The molecule has 0 rings (SSSR count). The molecule has 0 heterocycles. The molecule has 15 heteroatoms. The van der Waals surface area contributed by atoms with Gasteiger partial charge in [-0.1, -0.05) is 0 Å². The molecular formula is C19H32N4O11. The average Bonchev–Trinajstić information content (AvgIpc) is 2.76. The molecule has 0 spiro atoms. The quantitative estimate of drug-likeness (QED) is 0.0846. The summed E-state index contributed by atoms with van der Waals surface area (Å²) in [7, 11) is 0. The minimum Gasteiger partial charge on any atom is -0.481 e. The van der Waals surface area contributed by atoms with Gasteiger partial charge in [-0.3, -0.25) is 24.0 Å². The van der Waals surface area contributed by atoms with Crippen molar-refractivity contribution in [1.29, 1.82) is 0 Å². The summed E-state index contributed by atoms with van der Waals surface area (Å²) >= 11 is 0. The Labute approximate surface area is 195 Å². The van der Waals surface area contributed by atoms with Crippen LogP contribution in [0.15, 0.2) is 0 Å². The van der Waals surface area contributed by atoms with E-state index in [0.717, 1.165) is 6.92 Å². The van der Waals surface area contributed by atoms with Crippen molar-refractivity contribution in [3.63, 3.8) is 0 Å². The number of carboxylic acids is 1. The molecule has 15 nitrogen and oxygen atoms in total. The molecule has 5 atom stereocenters. The zero-order valence-electron chi connectivity index (χ0n) is 18.6. The predicted molar refractivity (Wildman–Crippen MR) is 113 cm³/mol. The smallest absolute Gasteiger partial charge is 0.303 e. The van der Waals surface area contributed by atoms with Crippen LogP contribution in [0.3, 0.4) is 0 Å². The van der Waals surface area contributed by atoms with Crippen LogP contribution in [0, 0.1) is 0 Å². The monoisotopic (exact) mass is 492 g/mol. The Balaban J connectivity index is 4.61. The lowest BCUT2D eigenvalue weighted by Crippen LogP contribution is -2.54. The maximum Gasteiger partial charge on any atom is 0.303 e. The van der Waals surface area contributed by atoms with Gasteiger partial charge >= 0.3 is 5.97 Å². The van der Waals surface area contributed by atoms with Gasteiger partial charge in [0.05, 0.1) is 13.2 Å². The molecule has 0 aliphatic rings. The molecule has 0 fully saturated rings. The fraction of sp³-hybridized carbons (Fsp3) is 0.684. The van der Waals surface area contributed by atoms with Crippen LogP contribution in [0.1, 0.15) is 32.6 Å². The van der Waals surface area contributed by atoms with Gasteiger partial charge in [-0.2, -0.15) is 0 Å². The van der Waals surface area contributed by atoms with E-state index in [1.165, 1.54) is 0 Å². The Hall–Kier alpha value is -3.14. The van der Waals surface area contributed by atoms with Gasteiger partial charge in [0.25, 0.3) is 0 Å². The Morgan fingerprint density at radius 2 is 1.68 bits per heavy atom. The van der Waals surface area contributed by atoms with Gasteiger partial charge in [0.1, 0.15) is 36.7 Å². The fourth-order valence-electron chi connectivity index (χ4n) is 2.68. The van der Waals surface area contributed by atoms with Crippen molar-refractivity contribution in [1.82, 2.24) is 16.0 Å². The van der Waals surface area contributed by atoms with Crippen molar-refractivity contribution in [2.75, 3.05) is 19.8 Å². The highest BCUT2D eigenvalue weighted by atomic mass is 16.5. The van der Waals surface area contributed by atoms with Crippen LogP contribution in [0.25, 0.3) is 0 Å². The number of carbonyl (C=O) groups is 6. The van der Waals surface area contributed by atoms with E-state index >= 15 is 0 Å². The van der Waals surface area contributed by atoms with Gasteiger partial charge in [-0.15, -0.1) is 0 Å². The van der Waals surface area contributed by atoms with Crippen LogP contribution in [0.2, 0.25) is 0 Å². The summed E-state index contributed by atoms with van der Waals surface area (Å²) in [6.45, 7) is -0.208. The number of ether oxygens (including phenoxy) is 1. The number of rotatable bonds is 18. The van der Waals surface area contributed by atoms with E-state index < -0.39 is 66.6 Å². The van der Waals surface area contributed by atoms with E-state index in [2.05, 4.69) is 16.0 Å². The van der Waals surface area contributed by atoms with Gasteiger partial charge in [-0.25, -0.2) is 0 Å². The first kappa shape index (κ1) is 30.9. The standard InChI is InChI=1S/C19H32N4O11/c1-10(26)22-12(8-24)18(17(32)13(27)9-25)34-7-5-14(28)21-6-4-15(29)23-11(19(20)33)2-3-16(30)31/h8,11-13,17-18,25,27,32H,2-7,9H2,1H3,(H2,20,33)(H,21,28)(H,22,26)(H,23,29)(H,30,31)/t11?,12-,13+,17+,18+/m0/s1. The summed E-state index contributed by atoms with van der Waals surface area (Å²) in [5.41, 5.74) is 5.11. The first-order chi connectivity index (χ1) is 15.9. The normalized spacial score (nSPS) is 15.2. The molecule has 1 unspecified atom stereocenters. The van der Waals surface area contributed by atoms with E-state index in [1.807, 2.05) is 0 Å². The number of hydrogen-bond acceptors (Lipinski definition) is 10. The minimum atomic E-state index is -1.75. The third kappa shape index (κ3) is 12.8. The number of carbonyl (C=O) groups excluding carboxylic acids is 5. The molecule has 0 aromatic carbocycles. The predicted octanol–water partition coefficient (Wildman–Crippen LogP) is -4.48. The van der Waals surface area contributed by atoms with Gasteiger partial charge < -0.3 is 51.6 Å². The number of nitrogens with one attached hydrogen (secondary N) is 3. The Morgan fingerprint density at radius 1 is 1.03 bits per heavy atom. The molecule has 4 amide bonds. The zero-order valence-corrected chi connectivity index (χ0v) is 18.6. The van der Waals surface area contributed by atoms with E-state index in [-0.39, 0.29) is 45.1 Å². The van der Waals surface area contributed by atoms with Crippen LogP contribution in [0.5, 0.6) is 0 Å². The van der Waals surface area contributed by atoms with Crippen molar-refractivity contribution in [3.8, 4) is 0 Å². The van der Waals surface area contributed by atoms with Crippen LogP contribution in [0.4, 0.5) is 0 Å². The number of carboxylic acid groups (broad SMARTS) is 1. The maximum atomic E-state index is 11.9. The average molecular weight is 492 g/mol. The highest BCUT2D eigenvalue weighted by Gasteiger charge is 2.34. The van der Waals surface area contributed by atoms with Crippen LogP contribution < -0.4 is 21.7 Å². The molecule has 194 valence electrons. The summed E-state index contributed by atoms with van der Waals surface area (Å²) in [5, 5.41) is 44.2. The molecule has 34 heavy (non-hydrogen) atoms. The van der Waals surface area contributed by atoms with Crippen molar-refractivity contribution < 1.29 is 53.9 Å². The molecule has 0 radical (unpaired) electrons. The van der Waals surface area contributed by atoms with Gasteiger partial charge in [-0.05, 0) is 6.42 Å². The van der Waals surface area contributed by atoms with Crippen LogP contribution in [-0.4, -0.2) is 106 Å². The maximum absolute atomic E-state index is 11.9.